The summed E-state index contributed by atoms with van der Waals surface area (Å²) in [5.74, 6) is 1.79. The minimum Gasteiger partial charge on any atom is -0.493 e. The molecule has 0 bridgehead atoms. The third-order valence-electron chi connectivity index (χ3n) is 2.81. The molecular weight excluding hydrogens is 288 g/mol. The lowest BCUT2D eigenvalue weighted by Gasteiger charge is -2.06. The summed E-state index contributed by atoms with van der Waals surface area (Å²) in [4.78, 5) is 0. The Balaban J connectivity index is 1.54. The molecule has 0 unspecified atom stereocenters. The van der Waals surface area contributed by atoms with Crippen molar-refractivity contribution in [2.75, 3.05) is 12.4 Å². The molecule has 2 aromatic carbocycles. The number of fused-ring (bicyclic) bond motifs is 1. The summed E-state index contributed by atoms with van der Waals surface area (Å²) in [5.41, 5.74) is 0. The first kappa shape index (κ1) is 13.4. The van der Waals surface area contributed by atoms with E-state index in [1.54, 1.807) is 23.1 Å². The molecule has 0 radical (unpaired) electrons. The standard InChI is InChI=1S/C15H14N2OS2/c1-11-16-17-15(20-11)19-9-8-18-14-7-6-12-4-2-3-5-13(12)10-14/h2-7,10H,8-9H2,1H3. The van der Waals surface area contributed by atoms with Crippen molar-refractivity contribution in [1.82, 2.24) is 10.2 Å². The molecule has 0 aliphatic rings. The molecular formula is C15H14N2OS2. The van der Waals surface area contributed by atoms with Crippen molar-refractivity contribution < 1.29 is 4.74 Å². The molecule has 3 rings (SSSR count). The first-order valence-electron chi connectivity index (χ1n) is 6.36. The lowest BCUT2D eigenvalue weighted by Crippen LogP contribution is -1.99. The molecule has 0 spiro atoms. The quantitative estimate of drug-likeness (QED) is 0.523. The number of hydrogen-bond donors (Lipinski definition) is 0. The van der Waals surface area contributed by atoms with E-state index in [9.17, 15) is 0 Å². The van der Waals surface area contributed by atoms with Crippen LogP contribution in [0.4, 0.5) is 0 Å². The summed E-state index contributed by atoms with van der Waals surface area (Å²) < 4.78 is 6.78. The smallest absolute Gasteiger partial charge is 0.174 e. The van der Waals surface area contributed by atoms with Crippen molar-refractivity contribution in [1.29, 1.82) is 0 Å². The fourth-order valence-electron chi connectivity index (χ4n) is 1.88. The second-order valence-corrected chi connectivity index (χ2v) is 6.82. The van der Waals surface area contributed by atoms with Gasteiger partial charge in [0.25, 0.3) is 0 Å². The first-order chi connectivity index (χ1) is 9.81. The molecule has 0 saturated heterocycles. The van der Waals surface area contributed by atoms with Crippen molar-refractivity contribution in [2.45, 2.75) is 11.3 Å². The molecule has 0 atom stereocenters. The average Bonchev–Trinajstić information content (AvgIpc) is 2.89. The predicted molar refractivity (Wildman–Crippen MR) is 84.8 cm³/mol. The Bertz CT molecular complexity index is 712. The van der Waals surface area contributed by atoms with Gasteiger partial charge in [-0.25, -0.2) is 0 Å². The van der Waals surface area contributed by atoms with Gasteiger partial charge in [-0.2, -0.15) is 0 Å². The molecule has 0 saturated carbocycles. The van der Waals surface area contributed by atoms with E-state index in [1.165, 1.54) is 10.8 Å². The van der Waals surface area contributed by atoms with Gasteiger partial charge in [0.05, 0.1) is 6.61 Å². The van der Waals surface area contributed by atoms with Crippen LogP contribution in [0.15, 0.2) is 46.8 Å². The lowest BCUT2D eigenvalue weighted by atomic mass is 10.1. The number of aromatic nitrogens is 2. The normalized spacial score (nSPS) is 10.8. The van der Waals surface area contributed by atoms with Gasteiger partial charge in [-0.1, -0.05) is 53.4 Å². The minimum absolute atomic E-state index is 0.668. The van der Waals surface area contributed by atoms with Crippen molar-refractivity contribution in [3.8, 4) is 5.75 Å². The SMILES string of the molecule is Cc1nnc(SCCOc2ccc3ccccc3c2)s1. The van der Waals surface area contributed by atoms with Crippen LogP contribution in [0.25, 0.3) is 10.8 Å². The van der Waals surface area contributed by atoms with E-state index < -0.39 is 0 Å². The first-order valence-corrected chi connectivity index (χ1v) is 8.16. The second-order valence-electron chi connectivity index (χ2n) is 4.29. The van der Waals surface area contributed by atoms with E-state index in [0.29, 0.717) is 6.61 Å². The Hall–Kier alpha value is -1.59. The van der Waals surface area contributed by atoms with Gasteiger partial charge in [0.1, 0.15) is 10.8 Å². The molecule has 0 aliphatic carbocycles. The van der Waals surface area contributed by atoms with Crippen LogP contribution in [0.1, 0.15) is 5.01 Å². The van der Waals surface area contributed by atoms with Crippen LogP contribution >= 0.6 is 23.1 Å². The maximum absolute atomic E-state index is 5.78. The molecule has 3 aromatic rings. The Morgan fingerprint density at radius 2 is 1.95 bits per heavy atom. The summed E-state index contributed by atoms with van der Waals surface area (Å²) in [6.45, 7) is 2.63. The van der Waals surface area contributed by atoms with Gasteiger partial charge in [0, 0.05) is 5.75 Å². The van der Waals surface area contributed by atoms with Crippen molar-refractivity contribution in [3.63, 3.8) is 0 Å². The number of benzene rings is 2. The summed E-state index contributed by atoms with van der Waals surface area (Å²) in [7, 11) is 0. The molecule has 1 heterocycles. The molecule has 1 aromatic heterocycles. The van der Waals surface area contributed by atoms with E-state index in [2.05, 4.69) is 34.5 Å². The van der Waals surface area contributed by atoms with Gasteiger partial charge in [0.15, 0.2) is 4.34 Å². The van der Waals surface area contributed by atoms with E-state index in [-0.39, 0.29) is 0 Å². The zero-order valence-corrected chi connectivity index (χ0v) is 12.7. The zero-order valence-electron chi connectivity index (χ0n) is 11.1. The molecule has 3 nitrogen and oxygen atoms in total. The summed E-state index contributed by atoms with van der Waals surface area (Å²) in [5, 5.41) is 11.5. The lowest BCUT2D eigenvalue weighted by molar-refractivity contribution is 0.344. The highest BCUT2D eigenvalue weighted by atomic mass is 32.2. The van der Waals surface area contributed by atoms with Gasteiger partial charge in [-0.15, -0.1) is 10.2 Å². The zero-order chi connectivity index (χ0) is 13.8. The summed E-state index contributed by atoms with van der Waals surface area (Å²) in [6, 6.07) is 14.5. The molecule has 5 heteroatoms. The topological polar surface area (TPSA) is 35.0 Å². The van der Waals surface area contributed by atoms with Crippen LogP contribution in [0.5, 0.6) is 5.75 Å². The minimum atomic E-state index is 0.668. The number of rotatable bonds is 5. The van der Waals surface area contributed by atoms with Gasteiger partial charge in [0.2, 0.25) is 0 Å². The van der Waals surface area contributed by atoms with E-state index >= 15 is 0 Å². The highest BCUT2D eigenvalue weighted by molar-refractivity contribution is 8.01. The van der Waals surface area contributed by atoms with Crippen LogP contribution < -0.4 is 4.74 Å². The molecule has 0 amide bonds. The van der Waals surface area contributed by atoms with E-state index in [1.807, 2.05) is 25.1 Å². The number of thioether (sulfide) groups is 1. The third-order valence-corrected chi connectivity index (χ3v) is 4.74. The van der Waals surface area contributed by atoms with Crippen LogP contribution in [-0.2, 0) is 0 Å². The Kier molecular flexibility index (Phi) is 4.18. The predicted octanol–water partition coefficient (Wildman–Crippen LogP) is 4.17. The third kappa shape index (κ3) is 3.29. The summed E-state index contributed by atoms with van der Waals surface area (Å²) in [6.07, 6.45) is 0. The number of aryl methyl sites for hydroxylation is 1. The Morgan fingerprint density at radius 1 is 1.10 bits per heavy atom. The Labute approximate surface area is 126 Å². The maximum atomic E-state index is 5.78. The molecule has 0 fully saturated rings. The number of ether oxygens (including phenoxy) is 1. The van der Waals surface area contributed by atoms with Gasteiger partial charge in [-0.05, 0) is 29.8 Å². The van der Waals surface area contributed by atoms with Crippen LogP contribution in [0.2, 0.25) is 0 Å². The van der Waals surface area contributed by atoms with Crippen LogP contribution in [0.3, 0.4) is 0 Å². The highest BCUT2D eigenvalue weighted by Crippen LogP contribution is 2.23. The maximum Gasteiger partial charge on any atom is 0.174 e. The molecule has 20 heavy (non-hydrogen) atoms. The summed E-state index contributed by atoms with van der Waals surface area (Å²) >= 11 is 3.31. The van der Waals surface area contributed by atoms with Gasteiger partial charge in [-0.3, -0.25) is 0 Å². The fraction of sp³-hybridized carbons (Fsp3) is 0.200. The van der Waals surface area contributed by atoms with Gasteiger partial charge >= 0.3 is 0 Å². The average molecular weight is 302 g/mol. The van der Waals surface area contributed by atoms with Gasteiger partial charge < -0.3 is 4.74 Å². The number of nitrogens with zero attached hydrogens (tertiary/aromatic N) is 2. The fourth-order valence-corrected chi connectivity index (χ4v) is 3.59. The van der Waals surface area contributed by atoms with Crippen LogP contribution in [-0.4, -0.2) is 22.6 Å². The van der Waals surface area contributed by atoms with Crippen molar-refractivity contribution in [2.24, 2.45) is 0 Å². The molecule has 0 N–H and O–H groups in total. The molecule has 0 aliphatic heterocycles. The van der Waals surface area contributed by atoms with Crippen molar-refractivity contribution in [3.05, 3.63) is 47.5 Å². The second kappa shape index (κ2) is 6.24. The monoisotopic (exact) mass is 302 g/mol. The Morgan fingerprint density at radius 3 is 2.75 bits per heavy atom. The van der Waals surface area contributed by atoms with Crippen LogP contribution in [0, 0.1) is 6.92 Å². The van der Waals surface area contributed by atoms with E-state index in [0.717, 1.165) is 20.8 Å². The van der Waals surface area contributed by atoms with E-state index in [4.69, 9.17) is 4.74 Å². The molecule has 102 valence electrons. The van der Waals surface area contributed by atoms with Crippen molar-refractivity contribution >= 4 is 33.9 Å². The highest BCUT2D eigenvalue weighted by Gasteiger charge is 2.01. The largest absolute Gasteiger partial charge is 0.493 e. The number of hydrogen-bond acceptors (Lipinski definition) is 5.